The molecule has 1 N–H and O–H groups in total. The molecule has 0 atom stereocenters. The first-order chi connectivity index (χ1) is 10.1. The molecule has 0 radical (unpaired) electrons. The average Bonchev–Trinajstić information content (AvgIpc) is 2.45. The zero-order valence-corrected chi connectivity index (χ0v) is 14.6. The highest BCUT2D eigenvalue weighted by Gasteiger charge is 2.20. The molecule has 0 aromatic heterocycles. The quantitative estimate of drug-likeness (QED) is 0.842. The highest BCUT2D eigenvalue weighted by molar-refractivity contribution is 6.78. The maximum absolute atomic E-state index is 10.6. The Morgan fingerprint density at radius 2 is 0.864 bits per heavy atom. The molecule has 0 aliphatic rings. The normalized spacial score (nSPS) is 12.3. The Bertz CT molecular complexity index is 555. The van der Waals surface area contributed by atoms with Crippen molar-refractivity contribution in [2.24, 2.45) is 0 Å². The molecule has 0 fully saturated rings. The third kappa shape index (κ3) is 3.81. The molecule has 0 saturated carbocycles. The summed E-state index contributed by atoms with van der Waals surface area (Å²) in [5.41, 5.74) is 4.72. The third-order valence-electron chi connectivity index (χ3n) is 4.18. The molecule has 0 bridgehead atoms. The first kappa shape index (κ1) is 16.8. The lowest BCUT2D eigenvalue weighted by Gasteiger charge is -2.20. The van der Waals surface area contributed by atoms with Gasteiger partial charge in [-0.2, -0.15) is 0 Å². The molecular formula is C20H27BO. The van der Waals surface area contributed by atoms with Gasteiger partial charge in [0.25, 0.3) is 0 Å². The van der Waals surface area contributed by atoms with Crippen molar-refractivity contribution in [1.29, 1.82) is 0 Å². The van der Waals surface area contributed by atoms with Crippen LogP contribution in [0.25, 0.3) is 0 Å². The average molecular weight is 294 g/mol. The fraction of sp³-hybridized carbons (Fsp3) is 0.400. The van der Waals surface area contributed by atoms with Crippen molar-refractivity contribution in [1.82, 2.24) is 0 Å². The summed E-state index contributed by atoms with van der Waals surface area (Å²) in [6.45, 7) is 12.6. The minimum atomic E-state index is -0.567. The summed E-state index contributed by atoms with van der Waals surface area (Å²) in [6, 6.07) is 16.6. The zero-order chi connectivity index (χ0) is 16.5. The van der Waals surface area contributed by atoms with Gasteiger partial charge in [-0.25, -0.2) is 0 Å². The molecule has 0 heterocycles. The van der Waals surface area contributed by atoms with Gasteiger partial charge in [0.2, 0.25) is 0 Å². The van der Waals surface area contributed by atoms with E-state index in [1.807, 2.05) is 24.3 Å². The second-order valence-corrected chi connectivity index (χ2v) is 8.15. The van der Waals surface area contributed by atoms with Gasteiger partial charge in [0, 0.05) is 0 Å². The summed E-state index contributed by atoms with van der Waals surface area (Å²) in [6.07, 6.45) is 0. The summed E-state index contributed by atoms with van der Waals surface area (Å²) in [5, 5.41) is 10.6. The Morgan fingerprint density at radius 3 is 1.09 bits per heavy atom. The van der Waals surface area contributed by atoms with Gasteiger partial charge in [-0.3, -0.25) is 0 Å². The van der Waals surface area contributed by atoms with Crippen molar-refractivity contribution < 1.29 is 5.02 Å². The van der Waals surface area contributed by atoms with E-state index in [0.717, 1.165) is 10.9 Å². The van der Waals surface area contributed by atoms with Crippen molar-refractivity contribution >= 4 is 17.8 Å². The highest BCUT2D eigenvalue weighted by atomic mass is 16.2. The lowest BCUT2D eigenvalue weighted by atomic mass is 9.55. The fourth-order valence-electron chi connectivity index (χ4n) is 2.52. The molecule has 0 amide bonds. The molecule has 22 heavy (non-hydrogen) atoms. The van der Waals surface area contributed by atoms with Gasteiger partial charge in [-0.05, 0) is 32.9 Å². The predicted molar refractivity (Wildman–Crippen MR) is 97.5 cm³/mol. The summed E-state index contributed by atoms with van der Waals surface area (Å²) >= 11 is 0. The minimum Gasteiger partial charge on any atom is -0.443 e. The Hall–Kier alpha value is -1.54. The topological polar surface area (TPSA) is 20.2 Å². The van der Waals surface area contributed by atoms with Crippen molar-refractivity contribution in [3.05, 3.63) is 59.7 Å². The molecule has 0 saturated heterocycles. The van der Waals surface area contributed by atoms with Crippen LogP contribution in [0.3, 0.4) is 0 Å². The van der Waals surface area contributed by atoms with Crippen molar-refractivity contribution in [3.63, 3.8) is 0 Å². The van der Waals surface area contributed by atoms with Crippen molar-refractivity contribution in [2.75, 3.05) is 0 Å². The molecule has 2 aromatic rings. The van der Waals surface area contributed by atoms with E-state index >= 15 is 0 Å². The van der Waals surface area contributed by atoms with Crippen LogP contribution in [0.5, 0.6) is 0 Å². The van der Waals surface area contributed by atoms with E-state index in [-0.39, 0.29) is 10.8 Å². The van der Waals surface area contributed by atoms with Crippen LogP contribution < -0.4 is 10.9 Å². The standard InChI is InChI=1S/C20H27BO/c1-19(2,3)15-7-11-17(12-8-15)21(22)18-13-9-16(10-14-18)20(4,5)6/h7-14,22H,1-6H3. The summed E-state index contributed by atoms with van der Waals surface area (Å²) in [7, 11) is 0. The lowest BCUT2D eigenvalue weighted by molar-refractivity contribution is 0.588. The zero-order valence-electron chi connectivity index (χ0n) is 14.6. The second-order valence-electron chi connectivity index (χ2n) is 8.15. The first-order valence-corrected chi connectivity index (χ1v) is 7.98. The Labute approximate surface area is 135 Å². The van der Waals surface area contributed by atoms with E-state index in [9.17, 15) is 5.02 Å². The van der Waals surface area contributed by atoms with E-state index in [2.05, 4.69) is 65.8 Å². The summed E-state index contributed by atoms with van der Waals surface area (Å²) in [5.74, 6) is 0. The third-order valence-corrected chi connectivity index (χ3v) is 4.18. The van der Waals surface area contributed by atoms with Gasteiger partial charge < -0.3 is 5.02 Å². The van der Waals surface area contributed by atoms with Crippen LogP contribution in [0, 0.1) is 0 Å². The van der Waals surface area contributed by atoms with Crippen LogP contribution >= 0.6 is 0 Å². The van der Waals surface area contributed by atoms with Crippen LogP contribution in [0.15, 0.2) is 48.5 Å². The number of rotatable bonds is 2. The molecule has 116 valence electrons. The highest BCUT2D eigenvalue weighted by Crippen LogP contribution is 2.21. The molecule has 2 rings (SSSR count). The molecular weight excluding hydrogens is 267 g/mol. The van der Waals surface area contributed by atoms with E-state index in [0.29, 0.717) is 0 Å². The Morgan fingerprint density at radius 1 is 0.591 bits per heavy atom. The van der Waals surface area contributed by atoms with E-state index in [1.165, 1.54) is 11.1 Å². The number of hydrogen-bond acceptors (Lipinski definition) is 1. The van der Waals surface area contributed by atoms with Gasteiger partial charge in [0.05, 0.1) is 0 Å². The SMILES string of the molecule is CC(C)(C)c1ccc(B(O)c2ccc(C(C)(C)C)cc2)cc1. The largest absolute Gasteiger partial charge is 0.443 e. The van der Waals surface area contributed by atoms with Gasteiger partial charge >= 0.3 is 6.92 Å². The van der Waals surface area contributed by atoms with Crippen molar-refractivity contribution in [3.8, 4) is 0 Å². The van der Waals surface area contributed by atoms with Crippen LogP contribution in [-0.2, 0) is 10.8 Å². The first-order valence-electron chi connectivity index (χ1n) is 7.98. The molecule has 2 aromatic carbocycles. The lowest BCUT2D eigenvalue weighted by Crippen LogP contribution is -2.42. The van der Waals surface area contributed by atoms with Crippen LogP contribution in [-0.4, -0.2) is 11.9 Å². The second kappa shape index (κ2) is 5.93. The van der Waals surface area contributed by atoms with Crippen LogP contribution in [0.1, 0.15) is 52.7 Å². The van der Waals surface area contributed by atoms with Gasteiger partial charge in [-0.15, -0.1) is 0 Å². The Kier molecular flexibility index (Phi) is 4.53. The maximum atomic E-state index is 10.6. The summed E-state index contributed by atoms with van der Waals surface area (Å²) in [4.78, 5) is 0. The molecule has 0 spiro atoms. The molecule has 2 heteroatoms. The van der Waals surface area contributed by atoms with Crippen LogP contribution in [0.2, 0.25) is 0 Å². The van der Waals surface area contributed by atoms with E-state index < -0.39 is 6.92 Å². The maximum Gasteiger partial charge on any atom is 0.358 e. The summed E-state index contributed by atoms with van der Waals surface area (Å²) < 4.78 is 0. The molecule has 0 unspecified atom stereocenters. The van der Waals surface area contributed by atoms with Gasteiger partial charge in [-0.1, -0.05) is 90.1 Å². The smallest absolute Gasteiger partial charge is 0.358 e. The van der Waals surface area contributed by atoms with Gasteiger partial charge in [0.1, 0.15) is 0 Å². The Balaban J connectivity index is 2.23. The van der Waals surface area contributed by atoms with Crippen molar-refractivity contribution in [2.45, 2.75) is 52.4 Å². The number of hydrogen-bond donors (Lipinski definition) is 1. The molecule has 0 aliphatic heterocycles. The number of benzene rings is 2. The fourth-order valence-corrected chi connectivity index (χ4v) is 2.52. The van der Waals surface area contributed by atoms with Gasteiger partial charge in [0.15, 0.2) is 0 Å². The minimum absolute atomic E-state index is 0.137. The molecule has 1 nitrogen and oxygen atoms in total. The predicted octanol–water partition coefficient (Wildman–Crippen LogP) is 3.38. The van der Waals surface area contributed by atoms with Crippen LogP contribution in [0.4, 0.5) is 0 Å². The van der Waals surface area contributed by atoms with E-state index in [1.54, 1.807) is 0 Å². The van der Waals surface area contributed by atoms with E-state index in [4.69, 9.17) is 0 Å². The molecule has 0 aliphatic carbocycles. The monoisotopic (exact) mass is 294 g/mol.